The van der Waals surface area contributed by atoms with Gasteiger partial charge < -0.3 is 9.40 Å². The second-order valence-corrected chi connectivity index (χ2v) is 7.12. The summed E-state index contributed by atoms with van der Waals surface area (Å²) >= 11 is 0. The fourth-order valence-corrected chi connectivity index (χ4v) is 4.45. The lowest BCUT2D eigenvalue weighted by Gasteiger charge is -2.34. The number of benzene rings is 1. The molecule has 0 spiro atoms. The molecule has 2 aromatic heterocycles. The Morgan fingerprint density at radius 2 is 1.96 bits per heavy atom. The molecule has 1 aromatic carbocycles. The minimum Gasteiger partial charge on any atom is -0.463 e. The van der Waals surface area contributed by atoms with Gasteiger partial charge in [-0.2, -0.15) is 0 Å². The number of likely N-dealkylation sites (N-methyl/N-ethyl adjacent to an activating group) is 1. The maximum atomic E-state index is 13.0. The molecule has 0 unspecified atom stereocenters. The SMILES string of the molecule is CCc1ccc([C@@H]2c3[nH]c4ccccc4c3C[C@H]3C(=O)N(CC)C(=O)N23)o1. The molecule has 3 amide bonds. The van der Waals surface area contributed by atoms with Crippen molar-refractivity contribution in [3.63, 3.8) is 0 Å². The highest BCUT2D eigenvalue weighted by Crippen LogP contribution is 2.44. The van der Waals surface area contributed by atoms with E-state index in [0.717, 1.165) is 34.3 Å². The summed E-state index contributed by atoms with van der Waals surface area (Å²) in [6.07, 6.45) is 1.31. The number of aromatic amines is 1. The van der Waals surface area contributed by atoms with Gasteiger partial charge in [0, 0.05) is 30.3 Å². The van der Waals surface area contributed by atoms with E-state index in [9.17, 15) is 9.59 Å². The van der Waals surface area contributed by atoms with Crippen molar-refractivity contribution in [1.29, 1.82) is 0 Å². The van der Waals surface area contributed by atoms with Crippen LogP contribution in [0.5, 0.6) is 0 Å². The highest BCUT2D eigenvalue weighted by atomic mass is 16.3. The molecule has 4 heterocycles. The lowest BCUT2D eigenvalue weighted by Crippen LogP contribution is -2.44. The van der Waals surface area contributed by atoms with Gasteiger partial charge >= 0.3 is 6.03 Å². The first kappa shape index (κ1) is 16.2. The number of fused-ring (bicyclic) bond motifs is 4. The van der Waals surface area contributed by atoms with Crippen molar-refractivity contribution in [2.24, 2.45) is 0 Å². The zero-order chi connectivity index (χ0) is 18.7. The van der Waals surface area contributed by atoms with E-state index in [1.54, 1.807) is 4.90 Å². The number of urea groups is 1. The van der Waals surface area contributed by atoms with Gasteiger partial charge in [0.2, 0.25) is 0 Å². The van der Waals surface area contributed by atoms with Gasteiger partial charge in [-0.3, -0.25) is 14.6 Å². The standard InChI is InChI=1S/C21H21N3O3/c1-3-12-9-10-17(27-12)19-18-14(13-7-5-6-8-15(13)22-18)11-16-20(25)23(4-2)21(26)24(16)19/h5-10,16,19,22H,3-4,11H2,1-2H3/t16-,19+/m0/s1. The predicted octanol–water partition coefficient (Wildman–Crippen LogP) is 3.62. The van der Waals surface area contributed by atoms with Crippen LogP contribution in [-0.4, -0.2) is 39.3 Å². The second kappa shape index (κ2) is 5.74. The van der Waals surface area contributed by atoms with E-state index in [1.165, 1.54) is 4.90 Å². The Morgan fingerprint density at radius 3 is 2.70 bits per heavy atom. The zero-order valence-electron chi connectivity index (χ0n) is 15.4. The van der Waals surface area contributed by atoms with Crippen LogP contribution in [0.1, 0.15) is 42.7 Å². The Hall–Kier alpha value is -3.02. The lowest BCUT2D eigenvalue weighted by molar-refractivity contribution is -0.128. The number of imide groups is 1. The second-order valence-electron chi connectivity index (χ2n) is 7.12. The van der Waals surface area contributed by atoms with Crippen LogP contribution in [0.25, 0.3) is 10.9 Å². The van der Waals surface area contributed by atoms with Gasteiger partial charge in [-0.15, -0.1) is 0 Å². The van der Waals surface area contributed by atoms with Crippen LogP contribution in [0.3, 0.4) is 0 Å². The van der Waals surface area contributed by atoms with Crippen LogP contribution < -0.4 is 0 Å². The number of aromatic nitrogens is 1. The Morgan fingerprint density at radius 1 is 1.15 bits per heavy atom. The summed E-state index contributed by atoms with van der Waals surface area (Å²) in [5.74, 6) is 1.45. The van der Waals surface area contributed by atoms with Crippen LogP contribution in [0, 0.1) is 0 Å². The highest BCUT2D eigenvalue weighted by Gasteiger charge is 2.52. The molecule has 0 bridgehead atoms. The fraction of sp³-hybridized carbons (Fsp3) is 0.333. The number of nitrogens with one attached hydrogen (secondary N) is 1. The van der Waals surface area contributed by atoms with Gasteiger partial charge in [0.25, 0.3) is 5.91 Å². The Balaban J connectivity index is 1.74. The largest absolute Gasteiger partial charge is 0.463 e. The monoisotopic (exact) mass is 363 g/mol. The van der Waals surface area contributed by atoms with E-state index >= 15 is 0 Å². The molecule has 6 heteroatoms. The highest BCUT2D eigenvalue weighted by molar-refractivity contribution is 6.05. The first-order valence-electron chi connectivity index (χ1n) is 9.45. The molecule has 2 aliphatic rings. The molecule has 0 aliphatic carbocycles. The zero-order valence-corrected chi connectivity index (χ0v) is 15.4. The van der Waals surface area contributed by atoms with E-state index < -0.39 is 12.1 Å². The third-order valence-electron chi connectivity index (χ3n) is 5.75. The lowest BCUT2D eigenvalue weighted by atomic mass is 9.91. The Labute approximate surface area is 156 Å². The Bertz CT molecular complexity index is 1060. The summed E-state index contributed by atoms with van der Waals surface area (Å²) in [6.45, 7) is 4.24. The summed E-state index contributed by atoms with van der Waals surface area (Å²) in [4.78, 5) is 32.5. The van der Waals surface area contributed by atoms with Crippen molar-refractivity contribution in [1.82, 2.24) is 14.8 Å². The number of H-pyrrole nitrogens is 1. The molecule has 2 aliphatic heterocycles. The molecule has 0 saturated carbocycles. The van der Waals surface area contributed by atoms with Crippen LogP contribution >= 0.6 is 0 Å². The molecular formula is C21H21N3O3. The van der Waals surface area contributed by atoms with Crippen molar-refractivity contribution in [3.05, 3.63) is 59.2 Å². The van der Waals surface area contributed by atoms with Crippen molar-refractivity contribution >= 4 is 22.8 Å². The molecule has 27 heavy (non-hydrogen) atoms. The van der Waals surface area contributed by atoms with Gasteiger partial charge in [-0.25, -0.2) is 4.79 Å². The molecule has 6 nitrogen and oxygen atoms in total. The predicted molar refractivity (Wildman–Crippen MR) is 100 cm³/mol. The average Bonchev–Trinajstić information content (AvgIpc) is 3.36. The molecule has 2 atom stereocenters. The third kappa shape index (κ3) is 2.13. The van der Waals surface area contributed by atoms with Gasteiger partial charge in [-0.1, -0.05) is 25.1 Å². The topological polar surface area (TPSA) is 69.6 Å². The van der Waals surface area contributed by atoms with Gasteiger partial charge in [0.1, 0.15) is 23.6 Å². The first-order valence-corrected chi connectivity index (χ1v) is 9.45. The summed E-state index contributed by atoms with van der Waals surface area (Å²) in [7, 11) is 0. The van der Waals surface area contributed by atoms with Crippen molar-refractivity contribution in [2.45, 2.75) is 38.8 Å². The molecule has 5 rings (SSSR count). The number of furan rings is 1. The molecule has 3 aromatic rings. The molecule has 1 N–H and O–H groups in total. The fourth-order valence-electron chi connectivity index (χ4n) is 4.45. The number of nitrogens with zero attached hydrogens (tertiary/aromatic N) is 2. The maximum absolute atomic E-state index is 13.0. The van der Waals surface area contributed by atoms with Gasteiger partial charge in [0.05, 0.1) is 5.69 Å². The van der Waals surface area contributed by atoms with Gasteiger partial charge in [0.15, 0.2) is 0 Å². The smallest absolute Gasteiger partial charge is 0.328 e. The van der Waals surface area contributed by atoms with Crippen LogP contribution in [-0.2, 0) is 17.6 Å². The van der Waals surface area contributed by atoms with E-state index in [0.29, 0.717) is 18.7 Å². The third-order valence-corrected chi connectivity index (χ3v) is 5.75. The maximum Gasteiger partial charge on any atom is 0.328 e. The average molecular weight is 363 g/mol. The van der Waals surface area contributed by atoms with Crippen molar-refractivity contribution in [2.75, 3.05) is 6.54 Å². The first-order chi connectivity index (χ1) is 13.1. The van der Waals surface area contributed by atoms with Crippen LogP contribution in [0.2, 0.25) is 0 Å². The minimum absolute atomic E-state index is 0.120. The molecule has 138 valence electrons. The van der Waals surface area contributed by atoms with Crippen LogP contribution in [0.15, 0.2) is 40.8 Å². The number of hydrogen-bond acceptors (Lipinski definition) is 3. The summed E-state index contributed by atoms with van der Waals surface area (Å²) < 4.78 is 6.04. The molecule has 1 fully saturated rings. The number of amides is 3. The molecule has 1 saturated heterocycles. The van der Waals surface area contributed by atoms with Crippen LogP contribution in [0.4, 0.5) is 4.79 Å². The number of carbonyl (C=O) groups is 2. The number of aryl methyl sites for hydroxylation is 1. The quantitative estimate of drug-likeness (QED) is 0.723. The van der Waals surface area contributed by atoms with E-state index in [1.807, 2.05) is 44.2 Å². The summed E-state index contributed by atoms with van der Waals surface area (Å²) in [5, 5.41) is 1.11. The number of para-hydroxylation sites is 1. The van der Waals surface area contributed by atoms with E-state index in [2.05, 4.69) is 11.1 Å². The normalized spacial score (nSPS) is 21.9. The number of rotatable bonds is 3. The minimum atomic E-state index is -0.482. The number of hydrogen-bond donors (Lipinski definition) is 1. The molecular weight excluding hydrogens is 342 g/mol. The van der Waals surface area contributed by atoms with Gasteiger partial charge in [-0.05, 0) is 30.7 Å². The van der Waals surface area contributed by atoms with E-state index in [4.69, 9.17) is 4.42 Å². The number of carbonyl (C=O) groups excluding carboxylic acids is 2. The van der Waals surface area contributed by atoms with Crippen molar-refractivity contribution in [3.8, 4) is 0 Å². The Kier molecular flexibility index (Phi) is 3.44. The summed E-state index contributed by atoms with van der Waals surface area (Å²) in [5.41, 5.74) is 3.07. The van der Waals surface area contributed by atoms with E-state index in [-0.39, 0.29) is 11.9 Å². The molecule has 0 radical (unpaired) electrons. The van der Waals surface area contributed by atoms with Crippen molar-refractivity contribution < 1.29 is 14.0 Å². The summed E-state index contributed by atoms with van der Waals surface area (Å²) in [6, 6.07) is 10.8.